The topological polar surface area (TPSA) is 46.6 Å². The van der Waals surface area contributed by atoms with Gasteiger partial charge in [-0.1, -0.05) is 63.4 Å². The van der Waals surface area contributed by atoms with E-state index in [9.17, 15) is 8.42 Å². The number of nitrogens with zero attached hydrogens (tertiary/aromatic N) is 1. The van der Waals surface area contributed by atoms with Crippen molar-refractivity contribution in [2.24, 2.45) is 0 Å². The van der Waals surface area contributed by atoms with Crippen LogP contribution in [-0.4, -0.2) is 40.5 Å². The second-order valence-electron chi connectivity index (χ2n) is 3.92. The van der Waals surface area contributed by atoms with Crippen molar-refractivity contribution in [3.8, 4) is 0 Å². The van der Waals surface area contributed by atoms with Gasteiger partial charge in [0, 0.05) is 13.1 Å². The van der Waals surface area contributed by atoms with Gasteiger partial charge in [-0.25, -0.2) is 8.42 Å². The molecule has 1 fully saturated rings. The quantitative estimate of drug-likeness (QED) is 0.480. The summed E-state index contributed by atoms with van der Waals surface area (Å²) in [4.78, 5) is 0.351. The third kappa shape index (κ3) is 3.35. The van der Waals surface area contributed by atoms with E-state index in [2.05, 4.69) is 45.2 Å². The third-order valence-electron chi connectivity index (χ3n) is 2.72. The molecule has 0 amide bonds. The van der Waals surface area contributed by atoms with E-state index in [-0.39, 0.29) is 8.04 Å². The zero-order valence-electron chi connectivity index (χ0n) is 9.50. The number of benzene rings is 1. The second kappa shape index (κ2) is 6.33. The lowest BCUT2D eigenvalue weighted by Gasteiger charge is -2.32. The number of sulfonamides is 1. The van der Waals surface area contributed by atoms with Gasteiger partial charge in [-0.15, -0.1) is 0 Å². The van der Waals surface area contributed by atoms with Gasteiger partial charge in [-0.2, -0.15) is 4.31 Å². The number of hydrogen-bond acceptors (Lipinski definition) is 3. The Bertz CT molecular complexity index is 492. The van der Waals surface area contributed by atoms with E-state index in [0.717, 1.165) is 0 Å². The van der Waals surface area contributed by atoms with Gasteiger partial charge >= 0.3 is 0 Å². The van der Waals surface area contributed by atoms with Crippen molar-refractivity contribution in [3.05, 3.63) is 30.3 Å². The predicted molar refractivity (Wildman–Crippen MR) is 86.8 cm³/mol. The summed E-state index contributed by atoms with van der Waals surface area (Å²) in [7, 11) is -3.38. The van der Waals surface area contributed by atoms with Crippen LogP contribution in [0.5, 0.6) is 0 Å². The molecule has 7 heteroatoms. The van der Waals surface area contributed by atoms with Gasteiger partial charge in [0.1, 0.15) is 0 Å². The summed E-state index contributed by atoms with van der Waals surface area (Å²) < 4.78 is 32.2. The van der Waals surface area contributed by atoms with Crippen molar-refractivity contribution in [3.63, 3.8) is 0 Å². The molecule has 4 nitrogen and oxygen atoms in total. The molecule has 1 unspecified atom stereocenters. The lowest BCUT2D eigenvalue weighted by atomic mass is 10.3. The summed E-state index contributed by atoms with van der Waals surface area (Å²) in [6.45, 7) is 1.31. The number of alkyl halides is 2. The number of morpholine rings is 1. The van der Waals surface area contributed by atoms with Crippen molar-refractivity contribution in [1.29, 1.82) is 0 Å². The maximum Gasteiger partial charge on any atom is 0.243 e. The number of ether oxygens (including phenoxy) is 1. The van der Waals surface area contributed by atoms with Gasteiger partial charge in [-0.05, 0) is 12.1 Å². The van der Waals surface area contributed by atoms with Crippen LogP contribution in [0.25, 0.3) is 0 Å². The Balaban J connectivity index is 2.21. The molecule has 1 heterocycles. The Morgan fingerprint density at radius 3 is 2.56 bits per heavy atom. The van der Waals surface area contributed by atoms with Crippen molar-refractivity contribution >= 4 is 55.2 Å². The van der Waals surface area contributed by atoms with E-state index in [4.69, 9.17) is 4.74 Å². The second-order valence-corrected chi connectivity index (χ2v) is 10.9. The van der Waals surface area contributed by atoms with Gasteiger partial charge in [0.2, 0.25) is 10.0 Å². The molecule has 1 aliphatic heterocycles. The normalized spacial score (nSPS) is 22.3. The van der Waals surface area contributed by atoms with E-state index < -0.39 is 10.0 Å². The molecular weight excluding hydrogens is 480 g/mol. The highest BCUT2D eigenvalue weighted by Crippen LogP contribution is 2.24. The minimum Gasteiger partial charge on any atom is -0.374 e. The van der Waals surface area contributed by atoms with Gasteiger partial charge < -0.3 is 4.74 Å². The first kappa shape index (κ1) is 14.9. The lowest BCUT2D eigenvalue weighted by Crippen LogP contribution is -2.47. The summed E-state index contributed by atoms with van der Waals surface area (Å²) in [5.41, 5.74) is 0. The molecule has 0 radical (unpaired) electrons. The Morgan fingerprint density at radius 2 is 1.94 bits per heavy atom. The van der Waals surface area contributed by atoms with Crippen LogP contribution in [0, 0.1) is 0 Å². The fourth-order valence-electron chi connectivity index (χ4n) is 1.76. The molecule has 100 valence electrons. The zero-order chi connectivity index (χ0) is 13.2. The molecule has 1 aromatic carbocycles. The minimum absolute atomic E-state index is 0.0431. The molecule has 18 heavy (non-hydrogen) atoms. The fourth-order valence-corrected chi connectivity index (χ4v) is 4.09. The Kier molecular flexibility index (Phi) is 5.26. The van der Waals surface area contributed by atoms with E-state index >= 15 is 0 Å². The van der Waals surface area contributed by atoms with Crippen LogP contribution in [0.1, 0.15) is 0 Å². The summed E-state index contributed by atoms with van der Waals surface area (Å²) >= 11 is 4.51. The van der Waals surface area contributed by atoms with Crippen molar-refractivity contribution in [2.45, 2.75) is 12.9 Å². The summed E-state index contributed by atoms with van der Waals surface area (Å²) in [5.74, 6) is 0. The van der Waals surface area contributed by atoms with Crippen LogP contribution < -0.4 is 0 Å². The minimum atomic E-state index is -3.38. The lowest BCUT2D eigenvalue weighted by molar-refractivity contribution is 0.0124. The number of halogens is 2. The van der Waals surface area contributed by atoms with Crippen LogP contribution >= 0.6 is 45.2 Å². The maximum atomic E-state index is 12.4. The van der Waals surface area contributed by atoms with Crippen LogP contribution in [0.3, 0.4) is 0 Å². The Morgan fingerprint density at radius 1 is 1.28 bits per heavy atom. The van der Waals surface area contributed by atoms with Gasteiger partial charge in [0.25, 0.3) is 0 Å². The van der Waals surface area contributed by atoms with E-state index in [1.165, 1.54) is 4.31 Å². The predicted octanol–water partition coefficient (Wildman–Crippen LogP) is 2.27. The van der Waals surface area contributed by atoms with Crippen LogP contribution in [0.15, 0.2) is 35.2 Å². The highest BCUT2D eigenvalue weighted by Gasteiger charge is 2.32. The van der Waals surface area contributed by atoms with E-state index in [1.54, 1.807) is 24.3 Å². The smallest absolute Gasteiger partial charge is 0.243 e. The standard InChI is InChI=1S/C11H13I2NO3S/c12-11(13)10-8-14(6-7-17-10)18(15,16)9-4-2-1-3-5-9/h1-5,10-11H,6-8H2. The van der Waals surface area contributed by atoms with Crippen LogP contribution in [-0.2, 0) is 14.8 Å². The molecule has 0 aliphatic carbocycles. The van der Waals surface area contributed by atoms with Gasteiger partial charge in [-0.3, -0.25) is 0 Å². The molecule has 0 saturated carbocycles. The first-order valence-electron chi connectivity index (χ1n) is 5.47. The number of rotatable bonds is 3. The summed E-state index contributed by atoms with van der Waals surface area (Å²) in [5, 5.41) is 0. The summed E-state index contributed by atoms with van der Waals surface area (Å²) in [6, 6.07) is 8.55. The molecule has 0 spiro atoms. The molecule has 1 atom stereocenters. The van der Waals surface area contributed by atoms with E-state index in [0.29, 0.717) is 24.6 Å². The molecular formula is C11H13I2NO3S. The zero-order valence-corrected chi connectivity index (χ0v) is 14.6. The molecule has 1 aromatic rings. The van der Waals surface area contributed by atoms with Gasteiger partial charge in [0.15, 0.2) is 0 Å². The van der Waals surface area contributed by atoms with Crippen molar-refractivity contribution < 1.29 is 13.2 Å². The average Bonchev–Trinajstić information content (AvgIpc) is 2.40. The monoisotopic (exact) mass is 493 g/mol. The Hall–Kier alpha value is 0.550. The summed E-state index contributed by atoms with van der Waals surface area (Å²) in [6.07, 6.45) is -0.0431. The largest absolute Gasteiger partial charge is 0.374 e. The molecule has 1 aliphatic rings. The average molecular weight is 493 g/mol. The number of hydrogen-bond donors (Lipinski definition) is 0. The third-order valence-corrected chi connectivity index (χ3v) is 6.20. The molecule has 0 bridgehead atoms. The highest BCUT2D eigenvalue weighted by molar-refractivity contribution is 14.2. The molecule has 0 aromatic heterocycles. The van der Waals surface area contributed by atoms with E-state index in [1.807, 2.05) is 6.07 Å². The van der Waals surface area contributed by atoms with Crippen LogP contribution in [0.2, 0.25) is 0 Å². The van der Waals surface area contributed by atoms with Gasteiger partial charge in [0.05, 0.1) is 19.5 Å². The Labute approximate surface area is 134 Å². The first-order chi connectivity index (χ1) is 8.51. The molecule has 1 saturated heterocycles. The maximum absolute atomic E-state index is 12.4. The first-order valence-corrected chi connectivity index (χ1v) is 9.40. The SMILES string of the molecule is O=S(=O)(c1ccccc1)N1CCOC(C(I)I)C1. The highest BCUT2D eigenvalue weighted by atomic mass is 127. The molecule has 2 rings (SSSR count). The van der Waals surface area contributed by atoms with Crippen molar-refractivity contribution in [1.82, 2.24) is 4.31 Å². The molecule has 0 N–H and O–H groups in total. The fraction of sp³-hybridized carbons (Fsp3) is 0.455. The van der Waals surface area contributed by atoms with Crippen LogP contribution in [0.4, 0.5) is 0 Å². The van der Waals surface area contributed by atoms with Crippen molar-refractivity contribution in [2.75, 3.05) is 19.7 Å².